The highest BCUT2D eigenvalue weighted by atomic mass is 16.7. The Morgan fingerprint density at radius 1 is 0.870 bits per heavy atom. The third kappa shape index (κ3) is 6.26. The van der Waals surface area contributed by atoms with Gasteiger partial charge < -0.3 is 30.4 Å². The first kappa shape index (κ1) is 30.7. The number of aryl methyl sites for hydroxylation is 2. The van der Waals surface area contributed by atoms with Crippen LogP contribution in [0.2, 0.25) is 0 Å². The Labute approximate surface area is 265 Å². The van der Waals surface area contributed by atoms with Crippen molar-refractivity contribution in [2.75, 3.05) is 30.3 Å². The molecule has 6 rings (SSSR count). The fraction of sp³-hybridized carbons (Fsp3) is 0.314. The predicted octanol–water partition coefficient (Wildman–Crippen LogP) is 2.96. The number of fused-ring (bicyclic) bond motifs is 2. The van der Waals surface area contributed by atoms with Crippen LogP contribution in [0.4, 0.5) is 11.4 Å². The van der Waals surface area contributed by atoms with Crippen LogP contribution in [0, 0.1) is 0 Å². The number of hydrogen-bond acceptors (Lipinski definition) is 8. The van der Waals surface area contributed by atoms with Crippen molar-refractivity contribution >= 4 is 47.3 Å². The molecule has 0 atom stereocenters. The number of carbonyl (C=O) groups excluding carboxylic acids is 3. The molecule has 0 saturated carbocycles. The number of nitrogens with zero attached hydrogens (tertiary/aromatic N) is 1. The van der Waals surface area contributed by atoms with Crippen LogP contribution in [0.25, 0.3) is 12.2 Å². The van der Waals surface area contributed by atoms with Gasteiger partial charge in [0, 0.05) is 42.9 Å². The first-order valence-electron chi connectivity index (χ1n) is 15.5. The number of carboxylic acids is 1. The molecule has 0 radical (unpaired) electrons. The second-order valence-corrected chi connectivity index (χ2v) is 11.7. The lowest BCUT2D eigenvalue weighted by atomic mass is 9.87. The number of carboxylic acid groups (broad SMARTS) is 1. The van der Waals surface area contributed by atoms with Gasteiger partial charge in [-0.2, -0.15) is 0 Å². The SMILES string of the molecule is C=c1cc2c(c/c1=C(/c1cc3c(cc1[OH2+])NCCC3)c1ccc(OCCCC(=O)ON3C(=O)CCC3=O)cc1C(=O)O)CCCN2. The number of hydroxylamine groups is 2. The van der Waals surface area contributed by atoms with E-state index in [1.807, 2.05) is 18.2 Å². The van der Waals surface area contributed by atoms with E-state index in [4.69, 9.17) is 14.7 Å². The minimum Gasteiger partial charge on any atom is -0.593 e. The van der Waals surface area contributed by atoms with Crippen molar-refractivity contribution in [3.8, 4) is 11.5 Å². The molecule has 0 unspecified atom stereocenters. The van der Waals surface area contributed by atoms with Crippen LogP contribution in [-0.2, 0) is 32.1 Å². The van der Waals surface area contributed by atoms with E-state index < -0.39 is 23.8 Å². The zero-order chi connectivity index (χ0) is 32.4. The lowest BCUT2D eigenvalue weighted by Crippen LogP contribution is -2.32. The van der Waals surface area contributed by atoms with Crippen molar-refractivity contribution < 1.29 is 39.0 Å². The number of ether oxygens (including phenoxy) is 1. The van der Waals surface area contributed by atoms with Gasteiger partial charge in [0.05, 0.1) is 30.2 Å². The molecular formula is C35H36N3O8+. The maximum absolute atomic E-state index is 12.7. The van der Waals surface area contributed by atoms with E-state index in [1.165, 1.54) is 6.07 Å². The summed E-state index contributed by atoms with van der Waals surface area (Å²) in [6.45, 7) is 6.12. The first-order valence-corrected chi connectivity index (χ1v) is 15.5. The molecule has 0 bridgehead atoms. The van der Waals surface area contributed by atoms with Crippen molar-refractivity contribution in [2.24, 2.45) is 0 Å². The molecule has 1 saturated heterocycles. The molecule has 3 aromatic rings. The number of carbonyl (C=O) groups is 4. The number of rotatable bonds is 9. The zero-order valence-electron chi connectivity index (χ0n) is 25.4. The molecule has 3 aliphatic rings. The van der Waals surface area contributed by atoms with Gasteiger partial charge in [-0.25, -0.2) is 9.59 Å². The summed E-state index contributed by atoms with van der Waals surface area (Å²) in [6, 6.07) is 12.7. The second-order valence-electron chi connectivity index (χ2n) is 11.7. The smallest absolute Gasteiger partial charge is 0.336 e. The van der Waals surface area contributed by atoms with Crippen LogP contribution >= 0.6 is 0 Å². The number of anilines is 2. The Bertz CT molecular complexity index is 1850. The highest BCUT2D eigenvalue weighted by Crippen LogP contribution is 2.37. The van der Waals surface area contributed by atoms with Gasteiger partial charge >= 0.3 is 11.9 Å². The quantitative estimate of drug-likeness (QED) is 0.185. The van der Waals surface area contributed by atoms with Crippen molar-refractivity contribution in [1.82, 2.24) is 5.06 Å². The van der Waals surface area contributed by atoms with Gasteiger partial charge in [-0.05, 0) is 95.6 Å². The maximum Gasteiger partial charge on any atom is 0.336 e. The maximum atomic E-state index is 12.7. The van der Waals surface area contributed by atoms with Crippen molar-refractivity contribution in [3.05, 3.63) is 80.7 Å². The van der Waals surface area contributed by atoms with Crippen LogP contribution in [0.1, 0.15) is 71.1 Å². The van der Waals surface area contributed by atoms with Gasteiger partial charge in [0.15, 0.2) is 0 Å². The van der Waals surface area contributed by atoms with Gasteiger partial charge in [-0.3, -0.25) is 9.59 Å². The number of hydrogen-bond donors (Lipinski definition) is 3. The van der Waals surface area contributed by atoms with Crippen molar-refractivity contribution in [3.63, 3.8) is 0 Å². The summed E-state index contributed by atoms with van der Waals surface area (Å²) in [5.74, 6) is -2.41. The Balaban J connectivity index is 1.33. The Hall–Kier alpha value is -5.32. The fourth-order valence-corrected chi connectivity index (χ4v) is 6.18. The molecular weight excluding hydrogens is 590 g/mol. The van der Waals surface area contributed by atoms with Crippen LogP contribution in [0.3, 0.4) is 0 Å². The van der Waals surface area contributed by atoms with Crippen LogP contribution in [-0.4, -0.2) is 58.7 Å². The first-order chi connectivity index (χ1) is 22.2. The summed E-state index contributed by atoms with van der Waals surface area (Å²) >= 11 is 0. The third-order valence-corrected chi connectivity index (χ3v) is 8.47. The minimum atomic E-state index is -1.15. The lowest BCUT2D eigenvalue weighted by molar-refractivity contribution is -0.197. The van der Waals surface area contributed by atoms with Crippen molar-refractivity contribution in [2.45, 2.75) is 51.4 Å². The Morgan fingerprint density at radius 3 is 2.24 bits per heavy atom. The second kappa shape index (κ2) is 13.0. The summed E-state index contributed by atoms with van der Waals surface area (Å²) in [6.07, 6.45) is 3.82. The third-order valence-electron chi connectivity index (χ3n) is 8.47. The van der Waals surface area contributed by atoms with Gasteiger partial charge in [-0.1, -0.05) is 6.58 Å². The van der Waals surface area contributed by atoms with Gasteiger partial charge in [0.1, 0.15) is 5.75 Å². The summed E-state index contributed by atoms with van der Waals surface area (Å²) < 4.78 is 5.81. The molecule has 3 aliphatic heterocycles. The lowest BCUT2D eigenvalue weighted by Gasteiger charge is -2.21. The van der Waals surface area contributed by atoms with Crippen molar-refractivity contribution in [1.29, 1.82) is 0 Å². The van der Waals surface area contributed by atoms with E-state index in [0.717, 1.165) is 71.7 Å². The number of aromatic carboxylic acids is 1. The highest BCUT2D eigenvalue weighted by Gasteiger charge is 2.32. The normalized spacial score (nSPS) is 16.1. The van der Waals surface area contributed by atoms with Gasteiger partial charge in [0.25, 0.3) is 17.6 Å². The standard InChI is InChI=1S/C35H35N3O8/c1-20-15-28-21(5-2-12-36-28)16-25(20)34(27-17-22-6-3-13-37-29(22)19-30(27)39)24-9-8-23(18-26(24)35(43)44)45-14-4-7-33(42)46-38-31(40)10-11-32(38)41/h8-9,15-19,36-37,39H,1-7,10-14H2,(H,43,44)/p+1/b34-25-. The molecule has 0 spiro atoms. The Morgan fingerprint density at radius 2 is 1.54 bits per heavy atom. The monoisotopic (exact) mass is 626 g/mol. The van der Waals surface area contributed by atoms with Crippen LogP contribution in [0.5, 0.6) is 11.5 Å². The van der Waals surface area contributed by atoms with E-state index in [0.29, 0.717) is 27.5 Å². The fourth-order valence-electron chi connectivity index (χ4n) is 6.18. The molecule has 5 N–H and O–H groups in total. The summed E-state index contributed by atoms with van der Waals surface area (Å²) in [4.78, 5) is 53.1. The molecule has 3 heterocycles. The van der Waals surface area contributed by atoms with E-state index >= 15 is 0 Å². The summed E-state index contributed by atoms with van der Waals surface area (Å²) in [5, 5.41) is 28.2. The summed E-state index contributed by atoms with van der Waals surface area (Å²) in [7, 11) is 0. The van der Waals surface area contributed by atoms with E-state index in [9.17, 15) is 24.3 Å². The molecule has 11 nitrogen and oxygen atoms in total. The van der Waals surface area contributed by atoms with E-state index in [-0.39, 0.29) is 43.6 Å². The Kier molecular flexibility index (Phi) is 8.65. The molecule has 3 aromatic carbocycles. The number of nitrogens with one attached hydrogen (secondary N) is 2. The predicted molar refractivity (Wildman–Crippen MR) is 171 cm³/mol. The topological polar surface area (TPSA) is 157 Å². The largest absolute Gasteiger partial charge is 0.593 e. The molecule has 0 aromatic heterocycles. The minimum absolute atomic E-state index is 0.00320. The highest BCUT2D eigenvalue weighted by molar-refractivity contribution is 6.01. The number of amides is 2. The molecule has 0 aliphatic carbocycles. The molecule has 238 valence electrons. The molecule has 11 heteroatoms. The number of benzene rings is 3. The van der Waals surface area contributed by atoms with Gasteiger partial charge in [-0.15, -0.1) is 5.06 Å². The zero-order valence-corrected chi connectivity index (χ0v) is 25.4. The van der Waals surface area contributed by atoms with E-state index in [2.05, 4.69) is 23.3 Å². The van der Waals surface area contributed by atoms with Crippen LogP contribution in [0.15, 0.2) is 42.5 Å². The van der Waals surface area contributed by atoms with Gasteiger partial charge in [0.2, 0.25) is 0 Å². The molecule has 1 fully saturated rings. The average molecular weight is 627 g/mol. The average Bonchev–Trinajstić information content (AvgIpc) is 3.36. The summed E-state index contributed by atoms with van der Waals surface area (Å²) in [5.41, 5.74) is 5.83. The molecule has 46 heavy (non-hydrogen) atoms. The molecule has 2 amide bonds. The number of imide groups is 1. The van der Waals surface area contributed by atoms with Crippen LogP contribution < -0.4 is 25.8 Å². The van der Waals surface area contributed by atoms with E-state index in [1.54, 1.807) is 12.1 Å².